The number of carbonyl (C=O) groups is 2. The first-order valence-electron chi connectivity index (χ1n) is 11.7. The van der Waals surface area contributed by atoms with Gasteiger partial charge in [0.05, 0.1) is 5.41 Å². The molecular formula is C26H32N6O3. The number of benzene rings is 2. The second kappa shape index (κ2) is 9.14. The summed E-state index contributed by atoms with van der Waals surface area (Å²) in [6.45, 7) is 1.92. The standard InChI is InChI=1S/C26H32N6O3/c1-15(27)14-26(24-28-25(35)30-29-24)20-10-8-18(22(33)31(2)3)12-16(20)6-7-17-13-19(9-11-21(17)26)23(34)32(4)5/h8-13,15H,6-7,14,27H2,1-5H3,(H2,28,29,30,35)/t15-/m1/s1. The molecule has 0 saturated carbocycles. The summed E-state index contributed by atoms with van der Waals surface area (Å²) in [5, 5.41) is 6.89. The largest absolute Gasteiger partial charge is 0.345 e. The summed E-state index contributed by atoms with van der Waals surface area (Å²) in [6.07, 6.45) is 1.79. The van der Waals surface area contributed by atoms with Gasteiger partial charge in [0.25, 0.3) is 11.8 Å². The Kier molecular flexibility index (Phi) is 6.38. The van der Waals surface area contributed by atoms with Gasteiger partial charge in [-0.3, -0.25) is 14.6 Å². The molecule has 0 saturated heterocycles. The Morgan fingerprint density at radius 1 is 0.971 bits per heavy atom. The number of nitrogens with one attached hydrogen (secondary N) is 2. The first kappa shape index (κ1) is 24.4. The number of hydrogen-bond acceptors (Lipinski definition) is 5. The molecule has 0 spiro atoms. The van der Waals surface area contributed by atoms with Gasteiger partial charge < -0.3 is 15.5 Å². The zero-order valence-corrected chi connectivity index (χ0v) is 20.8. The predicted molar refractivity (Wildman–Crippen MR) is 134 cm³/mol. The van der Waals surface area contributed by atoms with E-state index in [-0.39, 0.29) is 17.9 Å². The molecule has 184 valence electrons. The monoisotopic (exact) mass is 476 g/mol. The summed E-state index contributed by atoms with van der Waals surface area (Å²) in [6, 6.07) is 11.2. The number of rotatable bonds is 5. The Bertz CT molecular complexity index is 1260. The molecule has 1 aliphatic rings. The van der Waals surface area contributed by atoms with Crippen molar-refractivity contribution in [1.82, 2.24) is 25.0 Å². The van der Waals surface area contributed by atoms with E-state index in [1.165, 1.54) is 0 Å². The van der Waals surface area contributed by atoms with Gasteiger partial charge in [0.1, 0.15) is 5.82 Å². The van der Waals surface area contributed by atoms with Crippen LogP contribution in [0, 0.1) is 0 Å². The van der Waals surface area contributed by atoms with E-state index in [1.807, 2.05) is 43.3 Å². The molecule has 0 radical (unpaired) electrons. The quantitative estimate of drug-likeness (QED) is 0.516. The molecule has 35 heavy (non-hydrogen) atoms. The number of nitrogens with two attached hydrogens (primary N) is 1. The molecule has 4 rings (SSSR count). The maximum Gasteiger partial charge on any atom is 0.340 e. The van der Waals surface area contributed by atoms with Crippen molar-refractivity contribution in [3.05, 3.63) is 86.1 Å². The summed E-state index contributed by atoms with van der Waals surface area (Å²) in [7, 11) is 6.90. The molecule has 1 atom stereocenters. The van der Waals surface area contributed by atoms with Gasteiger partial charge in [-0.05, 0) is 72.7 Å². The summed E-state index contributed by atoms with van der Waals surface area (Å²) in [4.78, 5) is 43.6. The summed E-state index contributed by atoms with van der Waals surface area (Å²) in [5.74, 6) is 0.293. The molecule has 4 N–H and O–H groups in total. The number of amides is 2. The zero-order chi connectivity index (χ0) is 25.5. The fraction of sp³-hybridized carbons (Fsp3) is 0.385. The van der Waals surface area contributed by atoms with Crippen molar-refractivity contribution in [2.75, 3.05) is 28.2 Å². The second-order valence-electron chi connectivity index (χ2n) is 9.76. The van der Waals surface area contributed by atoms with Crippen molar-refractivity contribution in [1.29, 1.82) is 0 Å². The SMILES string of the molecule is C[C@@H](N)CC1(c2n[nH]c(=O)[nH]2)c2ccc(C(=O)N(C)C)cc2CCc2cc(C(=O)N(C)C)ccc21. The molecule has 3 aromatic rings. The molecule has 9 nitrogen and oxygen atoms in total. The van der Waals surface area contributed by atoms with Crippen LogP contribution in [0.3, 0.4) is 0 Å². The van der Waals surface area contributed by atoms with Crippen molar-refractivity contribution in [2.45, 2.75) is 37.6 Å². The third-order valence-electron chi connectivity index (χ3n) is 6.63. The fourth-order valence-corrected chi connectivity index (χ4v) is 5.16. The van der Waals surface area contributed by atoms with E-state index in [0.29, 0.717) is 36.2 Å². The van der Waals surface area contributed by atoms with E-state index in [0.717, 1.165) is 22.3 Å². The minimum absolute atomic E-state index is 0.0839. The van der Waals surface area contributed by atoms with Crippen LogP contribution in [-0.4, -0.2) is 71.0 Å². The summed E-state index contributed by atoms with van der Waals surface area (Å²) < 4.78 is 0. The van der Waals surface area contributed by atoms with E-state index in [9.17, 15) is 14.4 Å². The van der Waals surface area contributed by atoms with Crippen LogP contribution in [0.5, 0.6) is 0 Å². The Balaban J connectivity index is 2.03. The smallest absolute Gasteiger partial charge is 0.340 e. The molecule has 0 fully saturated rings. The molecule has 0 aliphatic heterocycles. The maximum atomic E-state index is 12.7. The third kappa shape index (κ3) is 4.27. The van der Waals surface area contributed by atoms with Gasteiger partial charge in [-0.1, -0.05) is 12.1 Å². The third-order valence-corrected chi connectivity index (χ3v) is 6.63. The lowest BCUT2D eigenvalue weighted by atomic mass is 9.68. The predicted octanol–water partition coefficient (Wildman–Crippen LogP) is 1.67. The van der Waals surface area contributed by atoms with Crippen LogP contribution in [0.4, 0.5) is 0 Å². The van der Waals surface area contributed by atoms with E-state index in [1.54, 1.807) is 38.0 Å². The number of carbonyl (C=O) groups excluding carboxylic acids is 2. The first-order valence-corrected chi connectivity index (χ1v) is 11.7. The van der Waals surface area contributed by atoms with Gasteiger partial charge in [-0.25, -0.2) is 9.89 Å². The lowest BCUT2D eigenvalue weighted by Gasteiger charge is -2.36. The molecule has 2 amide bonds. The minimum Gasteiger partial charge on any atom is -0.345 e. The number of aromatic nitrogens is 3. The molecule has 0 bridgehead atoms. The van der Waals surface area contributed by atoms with Crippen LogP contribution < -0.4 is 11.4 Å². The number of H-pyrrole nitrogens is 2. The molecule has 2 aromatic carbocycles. The van der Waals surface area contributed by atoms with Crippen LogP contribution in [0.15, 0.2) is 41.2 Å². The van der Waals surface area contributed by atoms with Gasteiger partial charge in [0.2, 0.25) is 0 Å². The maximum absolute atomic E-state index is 12.7. The van der Waals surface area contributed by atoms with Crippen molar-refractivity contribution in [2.24, 2.45) is 5.73 Å². The van der Waals surface area contributed by atoms with Crippen molar-refractivity contribution >= 4 is 11.8 Å². The van der Waals surface area contributed by atoms with Crippen LogP contribution >= 0.6 is 0 Å². The molecule has 0 unspecified atom stereocenters. The van der Waals surface area contributed by atoms with Gasteiger partial charge in [-0.2, -0.15) is 5.10 Å². The van der Waals surface area contributed by atoms with Crippen LogP contribution in [0.2, 0.25) is 0 Å². The second-order valence-corrected chi connectivity index (χ2v) is 9.76. The average molecular weight is 477 g/mol. The van der Waals surface area contributed by atoms with Crippen molar-refractivity contribution in [3.8, 4) is 0 Å². The molecule has 1 aromatic heterocycles. The van der Waals surface area contributed by atoms with Gasteiger partial charge in [0, 0.05) is 45.4 Å². The highest BCUT2D eigenvalue weighted by Gasteiger charge is 2.44. The van der Waals surface area contributed by atoms with Gasteiger partial charge in [0.15, 0.2) is 0 Å². The van der Waals surface area contributed by atoms with E-state index < -0.39 is 11.1 Å². The normalized spacial score (nSPS) is 14.9. The topological polar surface area (TPSA) is 128 Å². The Hall–Kier alpha value is -3.72. The summed E-state index contributed by atoms with van der Waals surface area (Å²) >= 11 is 0. The van der Waals surface area contributed by atoms with Crippen LogP contribution in [0.1, 0.15) is 62.1 Å². The fourth-order valence-electron chi connectivity index (χ4n) is 5.16. The average Bonchev–Trinajstić information content (AvgIpc) is 3.21. The van der Waals surface area contributed by atoms with Crippen molar-refractivity contribution < 1.29 is 9.59 Å². The molecule has 1 aliphatic carbocycles. The highest BCUT2D eigenvalue weighted by atomic mass is 16.2. The van der Waals surface area contributed by atoms with Gasteiger partial charge in [-0.15, -0.1) is 0 Å². The van der Waals surface area contributed by atoms with E-state index in [2.05, 4.69) is 15.2 Å². The van der Waals surface area contributed by atoms with Gasteiger partial charge >= 0.3 is 5.69 Å². The summed E-state index contributed by atoms with van der Waals surface area (Å²) in [5.41, 5.74) is 10.2. The molecule has 9 heteroatoms. The molecule has 1 heterocycles. The van der Waals surface area contributed by atoms with Crippen LogP contribution in [-0.2, 0) is 18.3 Å². The Morgan fingerprint density at radius 3 is 1.83 bits per heavy atom. The number of aromatic amines is 2. The number of nitrogens with zero attached hydrogens (tertiary/aromatic N) is 3. The highest BCUT2D eigenvalue weighted by Crippen LogP contribution is 2.46. The zero-order valence-electron chi connectivity index (χ0n) is 20.8. The lowest BCUT2D eigenvalue weighted by molar-refractivity contribution is 0.0820. The molecular weight excluding hydrogens is 444 g/mol. The number of aryl methyl sites for hydroxylation is 2. The first-order chi connectivity index (χ1) is 16.5. The Labute approximate surface area is 204 Å². The highest BCUT2D eigenvalue weighted by molar-refractivity contribution is 5.95. The van der Waals surface area contributed by atoms with Crippen LogP contribution in [0.25, 0.3) is 0 Å². The van der Waals surface area contributed by atoms with Crippen molar-refractivity contribution in [3.63, 3.8) is 0 Å². The lowest BCUT2D eigenvalue weighted by Crippen LogP contribution is -2.38. The van der Waals surface area contributed by atoms with E-state index in [4.69, 9.17) is 5.73 Å². The van der Waals surface area contributed by atoms with E-state index >= 15 is 0 Å². The number of hydrogen-bond donors (Lipinski definition) is 3. The Morgan fingerprint density at radius 2 is 1.46 bits per heavy atom. The minimum atomic E-state index is -0.867. The number of fused-ring (bicyclic) bond motifs is 2.